The van der Waals surface area contributed by atoms with E-state index in [1.807, 2.05) is 30.5 Å². The summed E-state index contributed by atoms with van der Waals surface area (Å²) in [6.45, 7) is 0.0339. The number of rotatable bonds is 6. The van der Waals surface area contributed by atoms with Gasteiger partial charge in [-0.3, -0.25) is 0 Å². The Morgan fingerprint density at radius 1 is 1.45 bits per heavy atom. The summed E-state index contributed by atoms with van der Waals surface area (Å²) in [5.74, 6) is -1.04. The fourth-order valence-corrected chi connectivity index (χ4v) is 2.38. The summed E-state index contributed by atoms with van der Waals surface area (Å²) in [6, 6.07) is 7.74. The number of aromatic nitrogens is 2. The zero-order valence-electron chi connectivity index (χ0n) is 11.1. The first-order chi connectivity index (χ1) is 9.65. The van der Waals surface area contributed by atoms with E-state index in [1.165, 1.54) is 0 Å². The third-order valence-corrected chi connectivity index (χ3v) is 3.64. The van der Waals surface area contributed by atoms with Crippen LogP contribution in [0.5, 0.6) is 0 Å². The Balaban J connectivity index is 2.38. The van der Waals surface area contributed by atoms with Gasteiger partial charge in [-0.15, -0.1) is 11.8 Å². The monoisotopic (exact) mass is 292 g/mol. The van der Waals surface area contributed by atoms with Crippen LogP contribution in [-0.4, -0.2) is 38.8 Å². The average molecular weight is 292 g/mol. The summed E-state index contributed by atoms with van der Waals surface area (Å²) < 4.78 is 1.58. The van der Waals surface area contributed by atoms with Crippen molar-refractivity contribution >= 4 is 17.7 Å². The molecule has 0 amide bonds. The third kappa shape index (κ3) is 3.20. The summed E-state index contributed by atoms with van der Waals surface area (Å²) in [5, 5.41) is 22.2. The van der Waals surface area contributed by atoms with Gasteiger partial charge in [-0.2, -0.15) is 5.10 Å². The highest BCUT2D eigenvalue weighted by molar-refractivity contribution is 7.98. The molecule has 0 bridgehead atoms. The molecule has 0 aliphatic rings. The lowest BCUT2D eigenvalue weighted by atomic mass is 10.1. The molecule has 20 heavy (non-hydrogen) atoms. The lowest BCUT2D eigenvalue weighted by molar-refractivity contribution is 0.0688. The van der Waals surface area contributed by atoms with Gasteiger partial charge in [-0.1, -0.05) is 6.07 Å². The number of carbonyl (C=O) groups is 1. The molecule has 0 atom stereocenters. The molecular formula is C14H16N2O3S. The second-order valence-electron chi connectivity index (χ2n) is 4.28. The summed E-state index contributed by atoms with van der Waals surface area (Å²) in [7, 11) is 0. The van der Waals surface area contributed by atoms with Crippen molar-refractivity contribution in [1.29, 1.82) is 0 Å². The molecule has 6 heteroatoms. The molecule has 0 saturated heterocycles. The van der Waals surface area contributed by atoms with Crippen LogP contribution in [0.2, 0.25) is 0 Å². The number of carboxylic acid groups (broad SMARTS) is 1. The van der Waals surface area contributed by atoms with Crippen LogP contribution in [0.4, 0.5) is 0 Å². The van der Waals surface area contributed by atoms with E-state index in [2.05, 4.69) is 5.10 Å². The molecule has 0 saturated carbocycles. The Hall–Kier alpha value is -1.79. The first kappa shape index (κ1) is 14.6. The quantitative estimate of drug-likeness (QED) is 0.798. The Labute approximate surface area is 121 Å². The fraction of sp³-hybridized carbons (Fsp3) is 0.286. The molecule has 1 aromatic carbocycles. The van der Waals surface area contributed by atoms with Gasteiger partial charge < -0.3 is 10.2 Å². The molecular weight excluding hydrogens is 276 g/mol. The van der Waals surface area contributed by atoms with Crippen LogP contribution in [0.15, 0.2) is 35.4 Å². The Bertz CT molecular complexity index is 610. The van der Waals surface area contributed by atoms with Crippen molar-refractivity contribution in [3.63, 3.8) is 0 Å². The highest BCUT2D eigenvalue weighted by Crippen LogP contribution is 2.20. The predicted molar refractivity (Wildman–Crippen MR) is 77.7 cm³/mol. The van der Waals surface area contributed by atoms with Gasteiger partial charge in [-0.25, -0.2) is 9.48 Å². The molecule has 1 aromatic heterocycles. The van der Waals surface area contributed by atoms with E-state index in [0.717, 1.165) is 10.6 Å². The summed E-state index contributed by atoms with van der Waals surface area (Å²) >= 11 is 1.62. The average Bonchev–Trinajstić information content (AvgIpc) is 2.89. The highest BCUT2D eigenvalue weighted by atomic mass is 32.2. The molecule has 0 spiro atoms. The zero-order valence-corrected chi connectivity index (χ0v) is 11.9. The van der Waals surface area contributed by atoms with E-state index in [1.54, 1.807) is 22.6 Å². The van der Waals surface area contributed by atoms with Gasteiger partial charge in [0.2, 0.25) is 0 Å². The first-order valence-corrected chi connectivity index (χ1v) is 7.45. The normalized spacial score (nSPS) is 10.7. The molecule has 1 heterocycles. The molecule has 0 unspecified atom stereocenters. The van der Waals surface area contributed by atoms with E-state index >= 15 is 0 Å². The standard InChI is InChI=1S/C14H16N2O3S/c1-20-12-6-2-5-11(8-12)16-9-10(4-3-7-17)13(15-16)14(18)19/h2,5-6,8-9,17H,3-4,7H2,1H3,(H,18,19). The van der Waals surface area contributed by atoms with Crippen LogP contribution in [0, 0.1) is 0 Å². The maximum Gasteiger partial charge on any atom is 0.356 e. The highest BCUT2D eigenvalue weighted by Gasteiger charge is 2.16. The van der Waals surface area contributed by atoms with Gasteiger partial charge in [0.05, 0.1) is 5.69 Å². The number of carboxylic acids is 1. The topological polar surface area (TPSA) is 75.4 Å². The SMILES string of the molecule is CSc1cccc(-n2cc(CCCO)c(C(=O)O)n2)c1. The molecule has 106 valence electrons. The van der Waals surface area contributed by atoms with Gasteiger partial charge in [0.1, 0.15) is 0 Å². The van der Waals surface area contributed by atoms with Crippen molar-refractivity contribution in [2.24, 2.45) is 0 Å². The Kier molecular flexibility index (Phi) is 4.81. The van der Waals surface area contributed by atoms with E-state index in [9.17, 15) is 9.90 Å². The predicted octanol–water partition coefficient (Wildman–Crippen LogP) is 2.22. The molecule has 0 radical (unpaired) electrons. The second kappa shape index (κ2) is 6.58. The van der Waals surface area contributed by atoms with Gasteiger partial charge in [0.15, 0.2) is 5.69 Å². The van der Waals surface area contributed by atoms with E-state index < -0.39 is 5.97 Å². The first-order valence-electron chi connectivity index (χ1n) is 6.23. The molecule has 0 aliphatic heterocycles. The number of thioether (sulfide) groups is 1. The van der Waals surface area contributed by atoms with Crippen LogP contribution in [0.1, 0.15) is 22.5 Å². The molecule has 5 nitrogen and oxygen atoms in total. The van der Waals surface area contributed by atoms with Crippen molar-refractivity contribution in [3.8, 4) is 5.69 Å². The smallest absolute Gasteiger partial charge is 0.356 e. The minimum absolute atomic E-state index is 0.0339. The van der Waals surface area contributed by atoms with Crippen molar-refractivity contribution in [2.75, 3.05) is 12.9 Å². The van der Waals surface area contributed by atoms with Crippen LogP contribution in [-0.2, 0) is 6.42 Å². The van der Waals surface area contributed by atoms with Crippen molar-refractivity contribution in [3.05, 3.63) is 41.7 Å². The fourth-order valence-electron chi connectivity index (χ4n) is 1.93. The second-order valence-corrected chi connectivity index (χ2v) is 5.16. The maximum atomic E-state index is 11.2. The Morgan fingerprint density at radius 3 is 2.90 bits per heavy atom. The largest absolute Gasteiger partial charge is 0.476 e. The van der Waals surface area contributed by atoms with Crippen molar-refractivity contribution in [1.82, 2.24) is 9.78 Å². The maximum absolute atomic E-state index is 11.2. The van der Waals surface area contributed by atoms with Gasteiger partial charge >= 0.3 is 5.97 Å². The van der Waals surface area contributed by atoms with Crippen LogP contribution < -0.4 is 0 Å². The van der Waals surface area contributed by atoms with Crippen LogP contribution in [0.3, 0.4) is 0 Å². The number of hydrogen-bond acceptors (Lipinski definition) is 4. The van der Waals surface area contributed by atoms with Gasteiger partial charge in [-0.05, 0) is 37.3 Å². The summed E-state index contributed by atoms with van der Waals surface area (Å²) in [5.41, 5.74) is 1.52. The summed E-state index contributed by atoms with van der Waals surface area (Å²) in [4.78, 5) is 12.3. The third-order valence-electron chi connectivity index (χ3n) is 2.91. The molecule has 0 fully saturated rings. The zero-order chi connectivity index (χ0) is 14.5. The Morgan fingerprint density at radius 2 is 2.25 bits per heavy atom. The number of aliphatic hydroxyl groups is 1. The molecule has 2 aromatic rings. The number of hydrogen-bond donors (Lipinski definition) is 2. The lowest BCUT2D eigenvalue weighted by Gasteiger charge is -2.02. The minimum atomic E-state index is -1.04. The van der Waals surface area contributed by atoms with Crippen molar-refractivity contribution in [2.45, 2.75) is 17.7 Å². The van der Waals surface area contributed by atoms with Gasteiger partial charge in [0.25, 0.3) is 0 Å². The summed E-state index contributed by atoms with van der Waals surface area (Å²) in [6.07, 6.45) is 4.73. The molecule has 2 N–H and O–H groups in total. The van der Waals surface area contributed by atoms with Crippen LogP contribution in [0.25, 0.3) is 5.69 Å². The number of benzene rings is 1. The minimum Gasteiger partial charge on any atom is -0.476 e. The van der Waals surface area contributed by atoms with E-state index in [-0.39, 0.29) is 12.3 Å². The van der Waals surface area contributed by atoms with E-state index in [0.29, 0.717) is 18.4 Å². The molecule has 0 aliphatic carbocycles. The molecule has 2 rings (SSSR count). The number of aryl methyl sites for hydroxylation is 1. The van der Waals surface area contributed by atoms with Crippen LogP contribution >= 0.6 is 11.8 Å². The van der Waals surface area contributed by atoms with Crippen molar-refractivity contribution < 1.29 is 15.0 Å². The van der Waals surface area contributed by atoms with Gasteiger partial charge in [0, 0.05) is 23.3 Å². The lowest BCUT2D eigenvalue weighted by Crippen LogP contribution is -2.03. The number of nitrogens with zero attached hydrogens (tertiary/aromatic N) is 2. The number of aliphatic hydroxyl groups excluding tert-OH is 1. The van der Waals surface area contributed by atoms with E-state index in [4.69, 9.17) is 5.11 Å². The number of aromatic carboxylic acids is 1.